The number of rotatable bonds is 4. The summed E-state index contributed by atoms with van der Waals surface area (Å²) in [6, 6.07) is 2.59. The zero-order valence-corrected chi connectivity index (χ0v) is 13.4. The summed E-state index contributed by atoms with van der Waals surface area (Å²) in [6.07, 6.45) is 1.31. The summed E-state index contributed by atoms with van der Waals surface area (Å²) >= 11 is 0. The van der Waals surface area contributed by atoms with Crippen LogP contribution >= 0.6 is 12.4 Å². The van der Waals surface area contributed by atoms with Crippen molar-refractivity contribution < 1.29 is 23.5 Å². The number of nitrogens with one attached hydrogen (secondary N) is 1. The number of piperidine rings is 1. The molecule has 0 spiro atoms. The summed E-state index contributed by atoms with van der Waals surface area (Å²) in [7, 11) is 0. The molecule has 2 atom stereocenters. The number of hydrogen-bond acceptors (Lipinski definition) is 3. The monoisotopic (exact) mass is 348 g/mol. The van der Waals surface area contributed by atoms with Crippen LogP contribution in [0.4, 0.5) is 14.5 Å². The number of nitrogens with zero attached hydrogens (tertiary/aromatic N) is 1. The second-order valence-electron chi connectivity index (χ2n) is 5.47. The van der Waals surface area contributed by atoms with Gasteiger partial charge in [-0.25, -0.2) is 8.78 Å². The number of carboxylic acids is 1. The Bertz CT molecular complexity index is 586. The van der Waals surface area contributed by atoms with E-state index in [2.05, 4.69) is 5.32 Å². The lowest BCUT2D eigenvalue weighted by Crippen LogP contribution is -2.48. The second-order valence-corrected chi connectivity index (χ2v) is 5.47. The van der Waals surface area contributed by atoms with Crippen LogP contribution in [0.25, 0.3) is 0 Å². The van der Waals surface area contributed by atoms with E-state index in [1.165, 1.54) is 6.07 Å². The van der Waals surface area contributed by atoms with Crippen molar-refractivity contribution in [3.05, 3.63) is 29.8 Å². The number of anilines is 1. The van der Waals surface area contributed by atoms with E-state index in [0.717, 1.165) is 12.1 Å². The summed E-state index contributed by atoms with van der Waals surface area (Å²) in [6.45, 7) is 2.61. The van der Waals surface area contributed by atoms with Gasteiger partial charge >= 0.3 is 5.97 Å². The van der Waals surface area contributed by atoms with Gasteiger partial charge in [-0.05, 0) is 38.4 Å². The highest BCUT2D eigenvalue weighted by Crippen LogP contribution is 2.20. The highest BCUT2D eigenvalue weighted by atomic mass is 35.5. The molecule has 1 amide bonds. The highest BCUT2D eigenvalue weighted by molar-refractivity contribution is 5.94. The number of benzene rings is 1. The van der Waals surface area contributed by atoms with Gasteiger partial charge in [0.15, 0.2) is 11.6 Å². The van der Waals surface area contributed by atoms with Crippen LogP contribution in [0.15, 0.2) is 18.2 Å². The molecule has 1 saturated heterocycles. The van der Waals surface area contributed by atoms with Gasteiger partial charge in [0.2, 0.25) is 5.91 Å². The van der Waals surface area contributed by atoms with Crippen molar-refractivity contribution in [2.24, 2.45) is 5.92 Å². The van der Waals surface area contributed by atoms with Crippen LogP contribution in [-0.4, -0.2) is 41.0 Å². The molecule has 0 aromatic heterocycles. The summed E-state index contributed by atoms with van der Waals surface area (Å²) in [5.41, 5.74) is 0.169. The number of aliphatic carboxylic acids is 1. The summed E-state index contributed by atoms with van der Waals surface area (Å²) in [4.78, 5) is 25.0. The molecule has 0 radical (unpaired) electrons. The number of amides is 1. The molecule has 1 aromatic carbocycles. The molecule has 2 rings (SSSR count). The number of carbonyl (C=O) groups excluding carboxylic acids is 1. The largest absolute Gasteiger partial charge is 0.481 e. The molecule has 1 aliphatic rings. The van der Waals surface area contributed by atoms with E-state index < -0.39 is 29.6 Å². The van der Waals surface area contributed by atoms with Gasteiger partial charge < -0.3 is 10.4 Å². The Labute approximate surface area is 139 Å². The second kappa shape index (κ2) is 8.21. The molecule has 0 aliphatic carbocycles. The van der Waals surface area contributed by atoms with Crippen molar-refractivity contribution in [2.75, 3.05) is 18.4 Å². The van der Waals surface area contributed by atoms with Gasteiger partial charge in [-0.3, -0.25) is 14.5 Å². The topological polar surface area (TPSA) is 69.6 Å². The van der Waals surface area contributed by atoms with E-state index in [4.69, 9.17) is 5.11 Å². The molecule has 8 heteroatoms. The number of halogens is 3. The van der Waals surface area contributed by atoms with E-state index >= 15 is 0 Å². The van der Waals surface area contributed by atoms with Crippen LogP contribution in [-0.2, 0) is 9.59 Å². The first-order valence-electron chi connectivity index (χ1n) is 7.11. The highest BCUT2D eigenvalue weighted by Gasteiger charge is 2.30. The predicted molar refractivity (Wildman–Crippen MR) is 83.6 cm³/mol. The quantitative estimate of drug-likeness (QED) is 0.877. The van der Waals surface area contributed by atoms with Gasteiger partial charge in [0.1, 0.15) is 0 Å². The molecule has 23 heavy (non-hydrogen) atoms. The third-order valence-electron chi connectivity index (χ3n) is 3.92. The normalized spacial score (nSPS) is 19.5. The molecule has 1 fully saturated rings. The van der Waals surface area contributed by atoms with Crippen LogP contribution in [0, 0.1) is 17.6 Å². The third-order valence-corrected chi connectivity index (χ3v) is 3.92. The Kier molecular flexibility index (Phi) is 6.90. The third kappa shape index (κ3) is 4.87. The lowest BCUT2D eigenvalue weighted by molar-refractivity contribution is -0.144. The van der Waals surface area contributed by atoms with Gasteiger partial charge in [-0.15, -0.1) is 12.4 Å². The summed E-state index contributed by atoms with van der Waals surface area (Å²) in [5.74, 6) is -3.73. The van der Waals surface area contributed by atoms with Crippen molar-refractivity contribution in [2.45, 2.75) is 25.8 Å². The molecule has 1 aromatic rings. The molecule has 2 N–H and O–H groups in total. The molecule has 1 heterocycles. The first kappa shape index (κ1) is 19.3. The van der Waals surface area contributed by atoms with Crippen molar-refractivity contribution in [3.63, 3.8) is 0 Å². The fraction of sp³-hybridized carbons (Fsp3) is 0.467. The zero-order chi connectivity index (χ0) is 16.3. The van der Waals surface area contributed by atoms with E-state index in [-0.39, 0.29) is 24.0 Å². The van der Waals surface area contributed by atoms with Gasteiger partial charge in [-0.1, -0.05) is 0 Å². The minimum Gasteiger partial charge on any atom is -0.481 e. The van der Waals surface area contributed by atoms with Gasteiger partial charge in [-0.2, -0.15) is 0 Å². The molecule has 2 unspecified atom stereocenters. The van der Waals surface area contributed by atoms with Gasteiger partial charge in [0.25, 0.3) is 0 Å². The van der Waals surface area contributed by atoms with E-state index in [1.807, 2.05) is 0 Å². The van der Waals surface area contributed by atoms with E-state index in [9.17, 15) is 18.4 Å². The number of carbonyl (C=O) groups is 2. The average molecular weight is 349 g/mol. The van der Waals surface area contributed by atoms with E-state index in [0.29, 0.717) is 25.9 Å². The Balaban J connectivity index is 0.00000264. The summed E-state index contributed by atoms with van der Waals surface area (Å²) in [5, 5.41) is 11.6. The van der Waals surface area contributed by atoms with Crippen molar-refractivity contribution in [3.8, 4) is 0 Å². The van der Waals surface area contributed by atoms with Crippen molar-refractivity contribution in [1.82, 2.24) is 4.90 Å². The van der Waals surface area contributed by atoms with Crippen molar-refractivity contribution in [1.29, 1.82) is 0 Å². The minimum atomic E-state index is -1.03. The Morgan fingerprint density at radius 3 is 2.65 bits per heavy atom. The molecule has 128 valence electrons. The Morgan fingerprint density at radius 1 is 1.35 bits per heavy atom. The maximum Gasteiger partial charge on any atom is 0.307 e. The first-order valence-corrected chi connectivity index (χ1v) is 7.11. The molecular weight excluding hydrogens is 330 g/mol. The SMILES string of the molecule is CC(C(=O)Nc1ccc(F)c(F)c1)N1CCCC(C(=O)O)C1.Cl. The van der Waals surface area contributed by atoms with Crippen molar-refractivity contribution >= 4 is 30.0 Å². The van der Waals surface area contributed by atoms with E-state index in [1.54, 1.807) is 11.8 Å². The molecule has 5 nitrogen and oxygen atoms in total. The Morgan fingerprint density at radius 2 is 2.04 bits per heavy atom. The number of hydrogen-bond donors (Lipinski definition) is 2. The maximum absolute atomic E-state index is 13.1. The lowest BCUT2D eigenvalue weighted by atomic mass is 9.97. The Hall–Kier alpha value is -1.73. The zero-order valence-electron chi connectivity index (χ0n) is 12.6. The number of likely N-dealkylation sites (tertiary alicyclic amines) is 1. The van der Waals surface area contributed by atoms with Crippen LogP contribution in [0.1, 0.15) is 19.8 Å². The van der Waals surface area contributed by atoms with Gasteiger partial charge in [0.05, 0.1) is 12.0 Å². The summed E-state index contributed by atoms with van der Waals surface area (Å²) < 4.78 is 26.0. The smallest absolute Gasteiger partial charge is 0.307 e. The molecule has 1 aliphatic heterocycles. The fourth-order valence-electron chi connectivity index (χ4n) is 2.55. The first-order chi connectivity index (χ1) is 10.4. The van der Waals surface area contributed by atoms with Crippen LogP contribution in [0.5, 0.6) is 0 Å². The van der Waals surface area contributed by atoms with Crippen LogP contribution in [0.3, 0.4) is 0 Å². The lowest BCUT2D eigenvalue weighted by Gasteiger charge is -2.34. The van der Waals surface area contributed by atoms with Gasteiger partial charge in [0, 0.05) is 18.3 Å². The standard InChI is InChI=1S/C15H18F2N2O3.ClH/c1-9(19-6-2-3-10(8-19)15(21)22)14(20)18-11-4-5-12(16)13(17)7-11;/h4-5,7,9-10H,2-3,6,8H2,1H3,(H,18,20)(H,21,22);1H. The minimum absolute atomic E-state index is 0. The average Bonchev–Trinajstić information content (AvgIpc) is 2.50. The van der Waals surface area contributed by atoms with Crippen LogP contribution in [0.2, 0.25) is 0 Å². The predicted octanol–water partition coefficient (Wildman–Crippen LogP) is 2.51. The van der Waals surface area contributed by atoms with Crippen LogP contribution < -0.4 is 5.32 Å². The fourth-order valence-corrected chi connectivity index (χ4v) is 2.55. The molecule has 0 saturated carbocycles. The maximum atomic E-state index is 13.1. The molecule has 0 bridgehead atoms. The molecular formula is C15H19ClF2N2O3. The number of carboxylic acid groups (broad SMARTS) is 1.